The van der Waals surface area contributed by atoms with Gasteiger partial charge in [0.05, 0.1) is 11.3 Å². The van der Waals surface area contributed by atoms with Crippen LogP contribution in [0.2, 0.25) is 0 Å². The van der Waals surface area contributed by atoms with E-state index in [0.717, 1.165) is 17.1 Å². The number of hydrogen-bond donors (Lipinski definition) is 2. The van der Waals surface area contributed by atoms with Gasteiger partial charge in [0.2, 0.25) is 11.8 Å². The predicted molar refractivity (Wildman–Crippen MR) is 115 cm³/mol. The van der Waals surface area contributed by atoms with Crippen molar-refractivity contribution in [1.29, 1.82) is 0 Å². The first-order valence-corrected chi connectivity index (χ1v) is 10.4. The van der Waals surface area contributed by atoms with Gasteiger partial charge in [0.1, 0.15) is 5.75 Å². The molecule has 1 heterocycles. The van der Waals surface area contributed by atoms with Gasteiger partial charge in [-0.25, -0.2) is 9.79 Å². The van der Waals surface area contributed by atoms with Crippen LogP contribution in [0.5, 0.6) is 5.75 Å². The van der Waals surface area contributed by atoms with E-state index in [1.54, 1.807) is 48.2 Å². The minimum atomic E-state index is -0.480. The van der Waals surface area contributed by atoms with Gasteiger partial charge in [0.25, 0.3) is 0 Å². The maximum atomic E-state index is 12.3. The summed E-state index contributed by atoms with van der Waals surface area (Å²) in [6.07, 6.45) is 1.38. The number of aliphatic imine (C=N–C) groups is 1. The Balaban J connectivity index is 1.46. The van der Waals surface area contributed by atoms with Gasteiger partial charge in [-0.2, -0.15) is 0 Å². The molecule has 1 fully saturated rings. The molecule has 0 unspecified atom stereocenters. The molecule has 4 N–H and O–H groups in total. The Hall–Kier alpha value is -3.33. The van der Waals surface area contributed by atoms with Crippen LogP contribution in [0.15, 0.2) is 58.4 Å². The Bertz CT molecular complexity index is 938. The fraction of sp³-hybridized carbons (Fsp3) is 0.238. The van der Waals surface area contributed by atoms with Crippen LogP contribution in [-0.2, 0) is 9.59 Å². The molecular weight excluding hydrogens is 404 g/mol. The molecule has 0 saturated carbocycles. The number of imide groups is 1. The van der Waals surface area contributed by atoms with E-state index >= 15 is 0 Å². The van der Waals surface area contributed by atoms with Crippen LogP contribution in [0.25, 0.3) is 0 Å². The molecule has 0 spiro atoms. The highest BCUT2D eigenvalue weighted by Crippen LogP contribution is 2.23. The Morgan fingerprint density at radius 1 is 1.00 bits per heavy atom. The summed E-state index contributed by atoms with van der Waals surface area (Å²) in [7, 11) is 0. The van der Waals surface area contributed by atoms with E-state index in [0.29, 0.717) is 36.4 Å². The van der Waals surface area contributed by atoms with Gasteiger partial charge in [-0.1, -0.05) is 0 Å². The standard InChI is InChI=1S/C21H22N4O4S/c22-21(23)24-15-4-2-14(3-5-15)20(28)29-16-6-8-17(9-7-16)30-13-1-12-25-18(26)10-11-19(25)27/h2-9H,1,10-13H2,(H4,22,23,24). The van der Waals surface area contributed by atoms with Crippen LogP contribution in [0, 0.1) is 0 Å². The number of esters is 1. The summed E-state index contributed by atoms with van der Waals surface area (Å²) in [4.78, 5) is 41.6. The first-order chi connectivity index (χ1) is 14.4. The molecule has 8 nitrogen and oxygen atoms in total. The summed E-state index contributed by atoms with van der Waals surface area (Å²) < 4.78 is 5.38. The second-order valence-corrected chi connectivity index (χ2v) is 7.75. The third-order valence-corrected chi connectivity index (χ3v) is 5.44. The summed E-state index contributed by atoms with van der Waals surface area (Å²) in [5, 5.41) is 0. The van der Waals surface area contributed by atoms with Gasteiger partial charge in [0, 0.05) is 24.3 Å². The molecule has 3 rings (SSSR count). The summed E-state index contributed by atoms with van der Waals surface area (Å²) in [6.45, 7) is 0.461. The van der Waals surface area contributed by atoms with Crippen LogP contribution >= 0.6 is 11.8 Å². The third-order valence-electron chi connectivity index (χ3n) is 4.35. The lowest BCUT2D eigenvalue weighted by Gasteiger charge is -2.13. The minimum Gasteiger partial charge on any atom is -0.423 e. The number of carbonyl (C=O) groups excluding carboxylic acids is 3. The number of rotatable bonds is 8. The fourth-order valence-corrected chi connectivity index (χ4v) is 3.71. The third kappa shape index (κ3) is 5.84. The Morgan fingerprint density at radius 2 is 1.63 bits per heavy atom. The van der Waals surface area contributed by atoms with E-state index in [4.69, 9.17) is 16.2 Å². The number of carbonyl (C=O) groups is 3. The molecule has 2 aromatic rings. The van der Waals surface area contributed by atoms with Gasteiger partial charge in [-0.15, -0.1) is 11.8 Å². The molecule has 156 valence electrons. The number of guanidine groups is 1. The first kappa shape index (κ1) is 21.4. The molecule has 0 aromatic heterocycles. The molecule has 2 aromatic carbocycles. The van der Waals surface area contributed by atoms with Crippen molar-refractivity contribution in [2.24, 2.45) is 16.5 Å². The highest BCUT2D eigenvalue weighted by atomic mass is 32.2. The lowest BCUT2D eigenvalue weighted by atomic mass is 10.2. The minimum absolute atomic E-state index is 0.0543. The number of likely N-dealkylation sites (tertiary alicyclic amines) is 1. The lowest BCUT2D eigenvalue weighted by molar-refractivity contribution is -0.138. The van der Waals surface area contributed by atoms with Crippen LogP contribution in [0.1, 0.15) is 29.6 Å². The number of hydrogen-bond acceptors (Lipinski definition) is 6. The van der Waals surface area contributed by atoms with Crippen molar-refractivity contribution in [2.75, 3.05) is 12.3 Å². The largest absolute Gasteiger partial charge is 0.423 e. The van der Waals surface area contributed by atoms with Gasteiger partial charge >= 0.3 is 5.97 Å². The Morgan fingerprint density at radius 3 is 2.23 bits per heavy atom. The highest BCUT2D eigenvalue weighted by molar-refractivity contribution is 7.99. The average molecular weight is 426 g/mol. The molecule has 1 aliphatic rings. The topological polar surface area (TPSA) is 128 Å². The summed E-state index contributed by atoms with van der Waals surface area (Å²) >= 11 is 1.61. The fourth-order valence-electron chi connectivity index (χ4n) is 2.88. The van der Waals surface area contributed by atoms with Crippen molar-refractivity contribution >= 4 is 41.2 Å². The molecule has 0 radical (unpaired) electrons. The smallest absolute Gasteiger partial charge is 0.343 e. The monoisotopic (exact) mass is 426 g/mol. The van der Waals surface area contributed by atoms with Gasteiger partial charge in [-0.05, 0) is 60.7 Å². The van der Waals surface area contributed by atoms with Crippen LogP contribution in [0.4, 0.5) is 5.69 Å². The number of amides is 2. The van der Waals surface area contributed by atoms with E-state index in [1.807, 2.05) is 12.1 Å². The van der Waals surface area contributed by atoms with E-state index < -0.39 is 5.97 Å². The van der Waals surface area contributed by atoms with Crippen molar-refractivity contribution < 1.29 is 19.1 Å². The molecule has 9 heteroatoms. The molecule has 0 aliphatic carbocycles. The summed E-state index contributed by atoms with van der Waals surface area (Å²) in [6, 6.07) is 13.6. The summed E-state index contributed by atoms with van der Waals surface area (Å²) in [5.41, 5.74) is 11.6. The second-order valence-electron chi connectivity index (χ2n) is 6.59. The van der Waals surface area contributed by atoms with Crippen LogP contribution in [0.3, 0.4) is 0 Å². The van der Waals surface area contributed by atoms with Crippen molar-refractivity contribution in [3.05, 3.63) is 54.1 Å². The molecule has 1 saturated heterocycles. The zero-order chi connectivity index (χ0) is 21.5. The first-order valence-electron chi connectivity index (χ1n) is 9.40. The van der Waals surface area contributed by atoms with E-state index in [2.05, 4.69) is 4.99 Å². The van der Waals surface area contributed by atoms with E-state index in [9.17, 15) is 14.4 Å². The SMILES string of the molecule is NC(N)=Nc1ccc(C(=O)Oc2ccc(SCCCN3C(=O)CCC3=O)cc2)cc1. The number of thioether (sulfide) groups is 1. The molecular formula is C21H22N4O4S. The lowest BCUT2D eigenvalue weighted by Crippen LogP contribution is -2.30. The molecule has 0 bridgehead atoms. The highest BCUT2D eigenvalue weighted by Gasteiger charge is 2.27. The number of ether oxygens (including phenoxy) is 1. The van der Waals surface area contributed by atoms with Crippen LogP contribution < -0.4 is 16.2 Å². The van der Waals surface area contributed by atoms with Crippen molar-refractivity contribution in [3.8, 4) is 5.75 Å². The Kier molecular flexibility index (Phi) is 7.08. The van der Waals surface area contributed by atoms with E-state index in [-0.39, 0.29) is 17.8 Å². The summed E-state index contributed by atoms with van der Waals surface area (Å²) in [5.74, 6) is 0.515. The van der Waals surface area contributed by atoms with Gasteiger partial charge in [-0.3, -0.25) is 14.5 Å². The zero-order valence-electron chi connectivity index (χ0n) is 16.2. The van der Waals surface area contributed by atoms with Crippen molar-refractivity contribution in [1.82, 2.24) is 4.90 Å². The zero-order valence-corrected chi connectivity index (χ0v) is 17.1. The molecule has 30 heavy (non-hydrogen) atoms. The van der Waals surface area contributed by atoms with Crippen LogP contribution in [-0.4, -0.2) is 40.9 Å². The van der Waals surface area contributed by atoms with Gasteiger partial charge in [0.15, 0.2) is 5.96 Å². The van der Waals surface area contributed by atoms with Crippen molar-refractivity contribution in [2.45, 2.75) is 24.2 Å². The second kappa shape index (κ2) is 9.93. The maximum Gasteiger partial charge on any atom is 0.343 e. The Labute approximate surface area is 178 Å². The molecule has 2 amide bonds. The maximum absolute atomic E-state index is 12.3. The number of benzene rings is 2. The quantitative estimate of drug-likeness (QED) is 0.126. The normalized spacial score (nSPS) is 13.4. The van der Waals surface area contributed by atoms with E-state index in [1.165, 1.54) is 4.90 Å². The molecule has 1 aliphatic heterocycles. The number of nitrogens with two attached hydrogens (primary N) is 2. The predicted octanol–water partition coefficient (Wildman–Crippen LogP) is 2.44. The van der Waals surface area contributed by atoms with Gasteiger partial charge < -0.3 is 16.2 Å². The molecule has 0 atom stereocenters. The number of nitrogens with zero attached hydrogens (tertiary/aromatic N) is 2. The average Bonchev–Trinajstić information content (AvgIpc) is 3.04. The van der Waals surface area contributed by atoms with Crippen molar-refractivity contribution in [3.63, 3.8) is 0 Å².